The number of hydrogen-bond donors (Lipinski definition) is 1. The van der Waals surface area contributed by atoms with Gasteiger partial charge in [-0.3, -0.25) is 9.78 Å². The minimum atomic E-state index is 0. The largest absolute Gasteiger partial charge is 0.397 e. The maximum absolute atomic E-state index is 12.4. The summed E-state index contributed by atoms with van der Waals surface area (Å²) in [6.45, 7) is 0.926. The smallest absolute Gasteiger partial charge is 0.228 e. The van der Waals surface area contributed by atoms with Gasteiger partial charge in [0.05, 0.1) is 18.3 Å². The zero-order valence-corrected chi connectivity index (χ0v) is 12.4. The average Bonchev–Trinajstić information content (AvgIpc) is 2.89. The van der Waals surface area contributed by atoms with Crippen LogP contribution in [0, 0.1) is 5.92 Å². The van der Waals surface area contributed by atoms with Crippen molar-refractivity contribution in [3.8, 4) is 0 Å². The number of carbonyl (C=O) groups is 1. The Balaban J connectivity index is 0.00000147. The van der Waals surface area contributed by atoms with E-state index in [1.165, 1.54) is 25.7 Å². The molecule has 0 bridgehead atoms. The summed E-state index contributed by atoms with van der Waals surface area (Å²) < 4.78 is 0. The number of aromatic nitrogens is 1. The van der Waals surface area contributed by atoms with Crippen LogP contribution in [0.4, 0.5) is 5.69 Å². The molecule has 1 aliphatic carbocycles. The molecule has 2 fully saturated rings. The van der Waals surface area contributed by atoms with Crippen LogP contribution in [0.15, 0.2) is 18.3 Å². The highest BCUT2D eigenvalue weighted by molar-refractivity contribution is 5.85. The van der Waals surface area contributed by atoms with E-state index in [1.54, 1.807) is 6.20 Å². The van der Waals surface area contributed by atoms with Crippen LogP contribution in [0.1, 0.15) is 37.8 Å². The Labute approximate surface area is 126 Å². The Morgan fingerprint density at radius 3 is 2.85 bits per heavy atom. The van der Waals surface area contributed by atoms with E-state index in [4.69, 9.17) is 5.73 Å². The van der Waals surface area contributed by atoms with Crippen molar-refractivity contribution < 1.29 is 4.79 Å². The molecule has 2 atom stereocenters. The highest BCUT2D eigenvalue weighted by Crippen LogP contribution is 2.36. The topological polar surface area (TPSA) is 59.2 Å². The fourth-order valence-corrected chi connectivity index (χ4v) is 3.56. The molecule has 1 saturated heterocycles. The summed E-state index contributed by atoms with van der Waals surface area (Å²) in [6, 6.07) is 4.16. The number of pyridine rings is 1. The third-order valence-electron chi connectivity index (χ3n) is 4.49. The number of carbonyl (C=O) groups excluding carboxylic acids is 1. The molecule has 1 amide bonds. The summed E-state index contributed by atoms with van der Waals surface area (Å²) in [5, 5.41) is 0. The minimum absolute atomic E-state index is 0. The zero-order valence-electron chi connectivity index (χ0n) is 11.6. The van der Waals surface area contributed by atoms with Gasteiger partial charge in [0, 0.05) is 18.3 Å². The molecule has 5 heteroatoms. The van der Waals surface area contributed by atoms with Crippen molar-refractivity contribution in [1.82, 2.24) is 9.88 Å². The Morgan fingerprint density at radius 1 is 1.30 bits per heavy atom. The Bertz CT molecular complexity index is 463. The van der Waals surface area contributed by atoms with E-state index in [2.05, 4.69) is 9.88 Å². The lowest BCUT2D eigenvalue weighted by molar-refractivity contribution is -0.135. The Morgan fingerprint density at radius 2 is 2.10 bits per heavy atom. The predicted molar refractivity (Wildman–Crippen MR) is 81.7 cm³/mol. The lowest BCUT2D eigenvalue weighted by Crippen LogP contribution is -2.46. The van der Waals surface area contributed by atoms with Crippen LogP contribution in [0.5, 0.6) is 0 Å². The fourth-order valence-electron chi connectivity index (χ4n) is 3.56. The normalized spacial score (nSPS) is 24.9. The van der Waals surface area contributed by atoms with Crippen molar-refractivity contribution in [3.05, 3.63) is 24.0 Å². The molecular formula is C15H22ClN3O. The van der Waals surface area contributed by atoms with Gasteiger partial charge in [-0.1, -0.05) is 6.42 Å². The second kappa shape index (κ2) is 6.44. The quantitative estimate of drug-likeness (QED) is 0.911. The van der Waals surface area contributed by atoms with E-state index in [9.17, 15) is 4.79 Å². The molecule has 4 nitrogen and oxygen atoms in total. The molecule has 2 N–H and O–H groups in total. The lowest BCUT2D eigenvalue weighted by atomic mass is 9.91. The summed E-state index contributed by atoms with van der Waals surface area (Å²) in [5.74, 6) is 0.978. The maximum atomic E-state index is 12.4. The summed E-state index contributed by atoms with van der Waals surface area (Å²) in [6.07, 6.45) is 8.25. The second-order valence-corrected chi connectivity index (χ2v) is 5.75. The monoisotopic (exact) mass is 295 g/mol. The van der Waals surface area contributed by atoms with E-state index < -0.39 is 0 Å². The van der Waals surface area contributed by atoms with Crippen molar-refractivity contribution in [2.24, 2.45) is 5.92 Å². The molecule has 0 aromatic carbocycles. The molecule has 1 aromatic rings. The second-order valence-electron chi connectivity index (χ2n) is 5.75. The molecular weight excluding hydrogens is 274 g/mol. The van der Waals surface area contributed by atoms with Gasteiger partial charge >= 0.3 is 0 Å². The molecule has 1 aliphatic heterocycles. The Kier molecular flexibility index (Phi) is 4.86. The van der Waals surface area contributed by atoms with Crippen LogP contribution in [0.2, 0.25) is 0 Å². The van der Waals surface area contributed by atoms with Gasteiger partial charge in [0.2, 0.25) is 5.91 Å². The Hall–Kier alpha value is -1.29. The number of nitrogen functional groups attached to an aromatic ring is 1. The first-order valence-electron chi connectivity index (χ1n) is 7.24. The summed E-state index contributed by atoms with van der Waals surface area (Å²) in [7, 11) is 0. The molecule has 110 valence electrons. The van der Waals surface area contributed by atoms with Gasteiger partial charge in [-0.05, 0) is 43.7 Å². The first-order chi connectivity index (χ1) is 9.24. The number of hydrogen-bond acceptors (Lipinski definition) is 3. The molecule has 0 spiro atoms. The van der Waals surface area contributed by atoms with Crippen LogP contribution < -0.4 is 5.73 Å². The molecule has 2 aliphatic rings. The molecule has 2 heterocycles. The highest BCUT2D eigenvalue weighted by Gasteiger charge is 2.37. The number of piperidine rings is 1. The number of anilines is 1. The lowest BCUT2D eigenvalue weighted by Gasteiger charge is -2.37. The molecule has 20 heavy (non-hydrogen) atoms. The third-order valence-corrected chi connectivity index (χ3v) is 4.49. The van der Waals surface area contributed by atoms with Crippen molar-refractivity contribution in [2.45, 2.75) is 44.6 Å². The molecule has 0 radical (unpaired) electrons. The SMILES string of the molecule is Cl.Nc1ccc(CC(=O)N2CCCC3CCCC32)nc1. The number of nitrogens with zero attached hydrogens (tertiary/aromatic N) is 2. The van der Waals surface area contributed by atoms with Crippen molar-refractivity contribution in [1.29, 1.82) is 0 Å². The van der Waals surface area contributed by atoms with Gasteiger partial charge in [0.25, 0.3) is 0 Å². The maximum Gasteiger partial charge on any atom is 0.228 e. The third kappa shape index (κ3) is 3.06. The molecule has 2 unspecified atom stereocenters. The number of fused-ring (bicyclic) bond motifs is 1. The van der Waals surface area contributed by atoms with Gasteiger partial charge in [-0.25, -0.2) is 0 Å². The number of amides is 1. The van der Waals surface area contributed by atoms with Gasteiger partial charge in [0.1, 0.15) is 0 Å². The molecule has 1 saturated carbocycles. The van der Waals surface area contributed by atoms with Crippen molar-refractivity contribution in [3.63, 3.8) is 0 Å². The minimum Gasteiger partial charge on any atom is -0.397 e. The van der Waals surface area contributed by atoms with E-state index in [1.807, 2.05) is 12.1 Å². The van der Waals surface area contributed by atoms with Crippen LogP contribution in [0.3, 0.4) is 0 Å². The van der Waals surface area contributed by atoms with E-state index in [0.717, 1.165) is 24.6 Å². The summed E-state index contributed by atoms with van der Waals surface area (Å²) in [5.41, 5.74) is 7.07. The van der Waals surface area contributed by atoms with E-state index in [-0.39, 0.29) is 18.3 Å². The van der Waals surface area contributed by atoms with Gasteiger partial charge < -0.3 is 10.6 Å². The predicted octanol–water partition coefficient (Wildman–Crippen LogP) is 2.42. The average molecular weight is 296 g/mol. The number of halogens is 1. The number of nitrogens with two attached hydrogens (primary N) is 1. The van der Waals surface area contributed by atoms with Gasteiger partial charge in [-0.2, -0.15) is 0 Å². The van der Waals surface area contributed by atoms with Gasteiger partial charge in [0.15, 0.2) is 0 Å². The van der Waals surface area contributed by atoms with Crippen LogP contribution in [-0.2, 0) is 11.2 Å². The van der Waals surface area contributed by atoms with Crippen LogP contribution in [0.25, 0.3) is 0 Å². The summed E-state index contributed by atoms with van der Waals surface area (Å²) >= 11 is 0. The van der Waals surface area contributed by atoms with Crippen LogP contribution >= 0.6 is 12.4 Å². The highest BCUT2D eigenvalue weighted by atomic mass is 35.5. The van der Waals surface area contributed by atoms with Crippen LogP contribution in [-0.4, -0.2) is 28.4 Å². The van der Waals surface area contributed by atoms with E-state index in [0.29, 0.717) is 18.2 Å². The van der Waals surface area contributed by atoms with Crippen molar-refractivity contribution >= 4 is 24.0 Å². The fraction of sp³-hybridized carbons (Fsp3) is 0.600. The zero-order chi connectivity index (χ0) is 13.2. The first kappa shape index (κ1) is 15.1. The standard InChI is InChI=1S/C15H21N3O.ClH/c16-12-6-7-13(17-10-12)9-15(19)18-8-2-4-11-3-1-5-14(11)18;/h6-7,10-11,14H,1-5,8-9,16H2;1H. The molecule has 1 aromatic heterocycles. The molecule has 3 rings (SSSR count). The summed E-state index contributed by atoms with van der Waals surface area (Å²) in [4.78, 5) is 18.8. The van der Waals surface area contributed by atoms with E-state index >= 15 is 0 Å². The van der Waals surface area contributed by atoms with Gasteiger partial charge in [-0.15, -0.1) is 12.4 Å². The van der Waals surface area contributed by atoms with Crippen molar-refractivity contribution in [2.75, 3.05) is 12.3 Å². The number of likely N-dealkylation sites (tertiary alicyclic amines) is 1. The first-order valence-corrected chi connectivity index (χ1v) is 7.24. The number of rotatable bonds is 2.